The van der Waals surface area contributed by atoms with Crippen LogP contribution in [-0.2, 0) is 4.74 Å². The maximum Gasteiger partial charge on any atom is 0.368 e. The Morgan fingerprint density at radius 3 is 2.90 bits per heavy atom. The van der Waals surface area contributed by atoms with Gasteiger partial charge in [0.05, 0.1) is 0 Å². The van der Waals surface area contributed by atoms with Gasteiger partial charge in [-0.05, 0) is 40.8 Å². The minimum absolute atomic E-state index is 0.150. The Morgan fingerprint density at radius 1 is 1.70 bits per heavy atom. The van der Waals surface area contributed by atoms with Crippen molar-refractivity contribution < 1.29 is 9.53 Å². The molecule has 0 amide bonds. The summed E-state index contributed by atoms with van der Waals surface area (Å²) in [5, 5.41) is -0.150. The molecule has 0 fully saturated rings. The van der Waals surface area contributed by atoms with Crippen molar-refractivity contribution in [1.82, 2.24) is 0 Å². The Balaban J connectivity index is 3.05. The van der Waals surface area contributed by atoms with Crippen molar-refractivity contribution in [2.24, 2.45) is 0 Å². The van der Waals surface area contributed by atoms with Gasteiger partial charge in [0.15, 0.2) is 0 Å². The van der Waals surface area contributed by atoms with Crippen LogP contribution in [0.3, 0.4) is 0 Å². The summed E-state index contributed by atoms with van der Waals surface area (Å²) in [5.41, 5.74) is 0. The minimum atomic E-state index is -0.150. The maximum absolute atomic E-state index is 10.7. The van der Waals surface area contributed by atoms with Gasteiger partial charge in [0, 0.05) is 5.75 Å². The van der Waals surface area contributed by atoms with E-state index in [0.717, 1.165) is 18.6 Å². The number of hydrogen-bond acceptors (Lipinski definition) is 3. The lowest BCUT2D eigenvalue weighted by Crippen LogP contribution is -1.95. The number of halogens is 1. The van der Waals surface area contributed by atoms with Gasteiger partial charge in [0.1, 0.15) is 4.61 Å². The van der Waals surface area contributed by atoms with Crippen molar-refractivity contribution in [1.29, 1.82) is 0 Å². The molecule has 0 saturated heterocycles. The van der Waals surface area contributed by atoms with Crippen LogP contribution < -0.4 is 0 Å². The summed E-state index contributed by atoms with van der Waals surface area (Å²) in [5.74, 6) is 0.881. The first-order chi connectivity index (χ1) is 4.81. The molecule has 2 nitrogen and oxygen atoms in total. The lowest BCUT2D eigenvalue weighted by Gasteiger charge is -1.97. The third-order valence-corrected chi connectivity index (χ3v) is 2.05. The highest BCUT2D eigenvalue weighted by atomic mass is 127. The molecule has 0 aromatic carbocycles. The summed E-state index contributed by atoms with van der Waals surface area (Å²) < 4.78 is 5.15. The van der Waals surface area contributed by atoms with E-state index in [4.69, 9.17) is 4.74 Å². The molecule has 0 radical (unpaired) electrons. The summed E-state index contributed by atoms with van der Waals surface area (Å²) in [6, 6.07) is 0. The number of carbonyl (C=O) groups excluding carboxylic acids is 1. The third kappa shape index (κ3) is 6.67. The SMILES string of the molecule is CCCCSC(=O)OCI. The largest absolute Gasteiger partial charge is 0.447 e. The second kappa shape index (κ2) is 7.65. The van der Waals surface area contributed by atoms with Gasteiger partial charge in [-0.2, -0.15) is 0 Å². The molecule has 0 saturated carbocycles. The molecule has 0 rings (SSSR count). The number of alkyl halides is 1. The van der Waals surface area contributed by atoms with Crippen LogP contribution in [0.25, 0.3) is 0 Å². The Hall–Kier alpha value is 0.550. The van der Waals surface area contributed by atoms with Crippen LogP contribution in [-0.4, -0.2) is 15.7 Å². The lowest BCUT2D eigenvalue weighted by molar-refractivity contribution is 0.198. The molecule has 0 heterocycles. The number of carbonyl (C=O) groups is 1. The zero-order valence-electron chi connectivity index (χ0n) is 5.93. The predicted molar refractivity (Wildman–Crippen MR) is 52.7 cm³/mol. The van der Waals surface area contributed by atoms with E-state index in [1.165, 1.54) is 11.8 Å². The smallest absolute Gasteiger partial charge is 0.368 e. The summed E-state index contributed by atoms with van der Waals surface area (Å²) in [6.45, 7) is 2.10. The number of rotatable bonds is 4. The highest BCUT2D eigenvalue weighted by Gasteiger charge is 1.99. The van der Waals surface area contributed by atoms with Gasteiger partial charge >= 0.3 is 5.30 Å². The highest BCUT2D eigenvalue weighted by Crippen LogP contribution is 2.08. The fraction of sp³-hybridized carbons (Fsp3) is 0.833. The fourth-order valence-electron chi connectivity index (χ4n) is 0.386. The van der Waals surface area contributed by atoms with Crippen LogP contribution in [0.4, 0.5) is 4.79 Å². The van der Waals surface area contributed by atoms with Crippen LogP contribution in [0, 0.1) is 0 Å². The second-order valence-electron chi connectivity index (χ2n) is 1.71. The van der Waals surface area contributed by atoms with E-state index in [-0.39, 0.29) is 5.30 Å². The summed E-state index contributed by atoms with van der Waals surface area (Å²) >= 11 is 3.27. The van der Waals surface area contributed by atoms with E-state index >= 15 is 0 Å². The first kappa shape index (κ1) is 10.6. The quantitative estimate of drug-likeness (QED) is 0.341. The normalized spacial score (nSPS) is 9.40. The zero-order valence-corrected chi connectivity index (χ0v) is 8.91. The molecular formula is C6H11IO2S. The maximum atomic E-state index is 10.7. The molecular weight excluding hydrogens is 263 g/mol. The predicted octanol–water partition coefficient (Wildman–Crippen LogP) is 3.05. The Morgan fingerprint density at radius 2 is 2.40 bits per heavy atom. The van der Waals surface area contributed by atoms with E-state index in [2.05, 4.69) is 6.92 Å². The standard InChI is InChI=1S/C6H11IO2S/c1-2-3-4-10-6(8)9-5-7/h2-5H2,1H3. The van der Waals surface area contributed by atoms with Gasteiger partial charge in [-0.25, -0.2) is 4.79 Å². The minimum Gasteiger partial charge on any atom is -0.447 e. The molecule has 0 bridgehead atoms. The average molecular weight is 274 g/mol. The van der Waals surface area contributed by atoms with Crippen molar-refractivity contribution in [2.75, 3.05) is 10.4 Å². The van der Waals surface area contributed by atoms with Gasteiger partial charge < -0.3 is 4.74 Å². The molecule has 10 heavy (non-hydrogen) atoms. The van der Waals surface area contributed by atoms with E-state index in [9.17, 15) is 4.79 Å². The topological polar surface area (TPSA) is 26.3 Å². The molecule has 0 aliphatic rings. The van der Waals surface area contributed by atoms with Crippen molar-refractivity contribution >= 4 is 39.7 Å². The zero-order chi connectivity index (χ0) is 7.82. The van der Waals surface area contributed by atoms with E-state index in [1.54, 1.807) is 0 Å². The number of thioether (sulfide) groups is 1. The Kier molecular flexibility index (Phi) is 8.08. The third-order valence-electron chi connectivity index (χ3n) is 0.890. The van der Waals surface area contributed by atoms with Crippen LogP contribution in [0.5, 0.6) is 0 Å². The van der Waals surface area contributed by atoms with E-state index in [0.29, 0.717) is 4.61 Å². The summed E-state index contributed by atoms with van der Waals surface area (Å²) in [4.78, 5) is 10.7. The molecule has 0 spiro atoms. The lowest BCUT2D eigenvalue weighted by atomic mass is 10.4. The Labute approximate surface area is 79.2 Å². The molecule has 4 heteroatoms. The van der Waals surface area contributed by atoms with Gasteiger partial charge in [-0.15, -0.1) is 0 Å². The monoisotopic (exact) mass is 274 g/mol. The van der Waals surface area contributed by atoms with E-state index < -0.39 is 0 Å². The van der Waals surface area contributed by atoms with Crippen LogP contribution in [0.15, 0.2) is 0 Å². The number of hydrogen-bond donors (Lipinski definition) is 0. The van der Waals surface area contributed by atoms with Crippen molar-refractivity contribution in [3.8, 4) is 0 Å². The van der Waals surface area contributed by atoms with Gasteiger partial charge in [0.2, 0.25) is 0 Å². The molecule has 0 aliphatic carbocycles. The molecule has 0 N–H and O–H groups in total. The molecule has 0 aromatic rings. The van der Waals surface area contributed by atoms with Crippen LogP contribution in [0.2, 0.25) is 0 Å². The molecule has 0 aliphatic heterocycles. The number of ether oxygens (including phenoxy) is 1. The van der Waals surface area contributed by atoms with E-state index in [1.807, 2.05) is 22.6 Å². The fourth-order valence-corrected chi connectivity index (χ4v) is 1.62. The molecule has 0 atom stereocenters. The van der Waals surface area contributed by atoms with Crippen LogP contribution in [0.1, 0.15) is 19.8 Å². The van der Waals surface area contributed by atoms with Gasteiger partial charge in [-0.1, -0.05) is 13.3 Å². The van der Waals surface area contributed by atoms with Crippen LogP contribution >= 0.6 is 34.4 Å². The average Bonchev–Trinajstić information content (AvgIpc) is 1.89. The summed E-state index contributed by atoms with van der Waals surface area (Å²) in [7, 11) is 0. The first-order valence-electron chi connectivity index (χ1n) is 3.16. The number of unbranched alkanes of at least 4 members (excludes halogenated alkanes) is 1. The van der Waals surface area contributed by atoms with Crippen molar-refractivity contribution in [3.05, 3.63) is 0 Å². The van der Waals surface area contributed by atoms with Gasteiger partial charge in [0.25, 0.3) is 0 Å². The summed E-state index contributed by atoms with van der Waals surface area (Å²) in [6.07, 6.45) is 2.21. The van der Waals surface area contributed by atoms with Crippen molar-refractivity contribution in [2.45, 2.75) is 19.8 Å². The Bertz CT molecular complexity index is 97.7. The molecule has 0 unspecified atom stereocenters. The molecule has 60 valence electrons. The van der Waals surface area contributed by atoms with Gasteiger partial charge in [-0.3, -0.25) is 0 Å². The molecule has 0 aromatic heterocycles. The first-order valence-corrected chi connectivity index (χ1v) is 5.68. The van der Waals surface area contributed by atoms with Crippen molar-refractivity contribution in [3.63, 3.8) is 0 Å². The highest BCUT2D eigenvalue weighted by molar-refractivity contribution is 14.1. The second-order valence-corrected chi connectivity index (χ2v) is 3.36.